The van der Waals surface area contributed by atoms with Crippen molar-refractivity contribution >= 4 is 29.1 Å². The second kappa shape index (κ2) is 9.20. The number of rotatable bonds is 7. The smallest absolute Gasteiger partial charge is 0.326 e. The molecule has 3 aromatic rings. The van der Waals surface area contributed by atoms with E-state index in [0.29, 0.717) is 13.1 Å². The third kappa shape index (κ3) is 4.11. The summed E-state index contributed by atoms with van der Waals surface area (Å²) < 4.78 is 52.2. The van der Waals surface area contributed by atoms with Gasteiger partial charge in [-0.25, -0.2) is 9.78 Å². The lowest BCUT2D eigenvalue weighted by molar-refractivity contribution is 0.0958. The highest BCUT2D eigenvalue weighted by atomic mass is 16.5. The van der Waals surface area contributed by atoms with E-state index in [2.05, 4.69) is 25.6 Å². The Morgan fingerprint density at radius 1 is 1.23 bits per heavy atom. The topological polar surface area (TPSA) is 130 Å². The van der Waals surface area contributed by atoms with Crippen molar-refractivity contribution in [1.82, 2.24) is 35.2 Å². The molecule has 0 spiro atoms. The van der Waals surface area contributed by atoms with Crippen molar-refractivity contribution in [1.29, 1.82) is 0 Å². The standard InChI is InChI=1S/C23H27N9O3/c1-24-22(33)19-17(12-18(27-28-19)32-11-10-31(23(32)34)14-6-4-7-14)26-16-9-5-8-15(20(16)35-3)21-25-13-30(2)29-21/h5,8-9,12-14H,4,6-7,10-11H2,1-3H3,(H,24,33)(H,26,27)/i1D3,3D3. The van der Waals surface area contributed by atoms with Crippen molar-refractivity contribution in [3.8, 4) is 17.1 Å². The molecular weight excluding hydrogens is 450 g/mol. The van der Waals surface area contributed by atoms with E-state index >= 15 is 0 Å². The highest BCUT2D eigenvalue weighted by Gasteiger charge is 2.38. The number of benzene rings is 1. The quantitative estimate of drug-likeness (QED) is 0.523. The van der Waals surface area contributed by atoms with Crippen molar-refractivity contribution in [2.75, 3.05) is 37.3 Å². The largest absolute Gasteiger partial charge is 0.494 e. The summed E-state index contributed by atoms with van der Waals surface area (Å²) in [5, 5.41) is 17.1. The predicted octanol–water partition coefficient (Wildman–Crippen LogP) is 2.18. The van der Waals surface area contributed by atoms with Gasteiger partial charge in [-0.1, -0.05) is 6.07 Å². The van der Waals surface area contributed by atoms with Crippen LogP contribution in [0.5, 0.6) is 5.75 Å². The summed E-state index contributed by atoms with van der Waals surface area (Å²) >= 11 is 0. The maximum Gasteiger partial charge on any atom is 0.326 e. The first-order valence-electron chi connectivity index (χ1n) is 14.0. The van der Waals surface area contributed by atoms with Gasteiger partial charge in [0, 0.05) is 43.3 Å². The number of amides is 3. The Morgan fingerprint density at radius 2 is 2.11 bits per heavy atom. The van der Waals surface area contributed by atoms with E-state index in [9.17, 15) is 9.59 Å². The van der Waals surface area contributed by atoms with Crippen molar-refractivity contribution in [2.24, 2.45) is 7.05 Å². The monoisotopic (exact) mass is 483 g/mol. The molecule has 5 rings (SSSR count). The molecule has 2 N–H and O–H groups in total. The van der Waals surface area contributed by atoms with Gasteiger partial charge < -0.3 is 20.3 Å². The number of methoxy groups -OCH3 is 1. The summed E-state index contributed by atoms with van der Waals surface area (Å²) in [6.07, 6.45) is 4.36. The van der Waals surface area contributed by atoms with Crippen LogP contribution in [0.1, 0.15) is 38.0 Å². The Kier molecular flexibility index (Phi) is 4.31. The number of ether oxygens (including phenoxy) is 1. The van der Waals surface area contributed by atoms with E-state index in [0.717, 1.165) is 19.3 Å². The van der Waals surface area contributed by atoms with Crippen LogP contribution in [-0.2, 0) is 7.05 Å². The minimum atomic E-state index is -2.86. The molecule has 0 unspecified atom stereocenters. The number of hydrogen-bond donors (Lipinski definition) is 2. The fourth-order valence-corrected chi connectivity index (χ4v) is 4.17. The van der Waals surface area contributed by atoms with E-state index in [-0.39, 0.29) is 46.4 Å². The van der Waals surface area contributed by atoms with E-state index in [1.807, 2.05) is 5.32 Å². The Bertz CT molecular complexity index is 1470. The van der Waals surface area contributed by atoms with Gasteiger partial charge in [0.25, 0.3) is 5.91 Å². The summed E-state index contributed by atoms with van der Waals surface area (Å²) in [6.45, 7) is -1.97. The van der Waals surface area contributed by atoms with E-state index in [1.54, 1.807) is 24.1 Å². The van der Waals surface area contributed by atoms with Crippen LogP contribution in [-0.4, -0.2) is 74.9 Å². The second-order valence-corrected chi connectivity index (χ2v) is 8.28. The lowest BCUT2D eigenvalue weighted by Crippen LogP contribution is -2.43. The molecule has 1 aromatic carbocycles. The summed E-state index contributed by atoms with van der Waals surface area (Å²) in [7, 11) is -1.22. The maximum atomic E-state index is 13.1. The summed E-state index contributed by atoms with van der Waals surface area (Å²) in [6, 6.07) is 5.97. The van der Waals surface area contributed by atoms with E-state index < -0.39 is 25.6 Å². The molecule has 12 heteroatoms. The van der Waals surface area contributed by atoms with Crippen LogP contribution in [0.15, 0.2) is 30.6 Å². The number of carbonyl (C=O) groups excluding carboxylic acids is 2. The summed E-state index contributed by atoms with van der Waals surface area (Å²) in [5.74, 6) is -0.891. The van der Waals surface area contributed by atoms with Crippen LogP contribution in [0.3, 0.4) is 0 Å². The number of aromatic nitrogens is 5. The van der Waals surface area contributed by atoms with Crippen LogP contribution >= 0.6 is 0 Å². The van der Waals surface area contributed by atoms with Gasteiger partial charge in [0.1, 0.15) is 6.33 Å². The number of hydrogen-bond acceptors (Lipinski definition) is 8. The zero-order chi connectivity index (χ0) is 29.5. The van der Waals surface area contributed by atoms with Gasteiger partial charge >= 0.3 is 6.03 Å². The summed E-state index contributed by atoms with van der Waals surface area (Å²) in [4.78, 5) is 33.4. The fraction of sp³-hybridized carbons (Fsp3) is 0.391. The zero-order valence-corrected chi connectivity index (χ0v) is 18.9. The minimum Gasteiger partial charge on any atom is -0.494 e. The molecule has 1 aliphatic carbocycles. The van der Waals surface area contributed by atoms with Gasteiger partial charge in [0.15, 0.2) is 23.1 Å². The van der Waals surface area contributed by atoms with Gasteiger partial charge in [-0.3, -0.25) is 14.4 Å². The highest BCUT2D eigenvalue weighted by molar-refractivity contribution is 6.00. The molecule has 182 valence electrons. The molecule has 2 aromatic heterocycles. The van der Waals surface area contributed by atoms with Crippen molar-refractivity contribution < 1.29 is 22.6 Å². The third-order valence-electron chi connectivity index (χ3n) is 6.17. The molecule has 1 aliphatic heterocycles. The minimum absolute atomic E-state index is 0.0341. The average Bonchev–Trinajstić information content (AvgIpc) is 3.43. The van der Waals surface area contributed by atoms with Crippen LogP contribution in [0.25, 0.3) is 11.4 Å². The first-order valence-corrected chi connectivity index (χ1v) is 11.0. The third-order valence-corrected chi connectivity index (χ3v) is 6.17. The van der Waals surface area contributed by atoms with Crippen molar-refractivity contribution in [2.45, 2.75) is 25.3 Å². The lowest BCUT2D eigenvalue weighted by atomic mass is 9.92. The van der Waals surface area contributed by atoms with Crippen molar-refractivity contribution in [3.05, 3.63) is 36.3 Å². The molecule has 0 bridgehead atoms. The number of anilines is 3. The molecule has 1 saturated carbocycles. The van der Waals surface area contributed by atoms with Crippen LogP contribution in [0.4, 0.5) is 22.0 Å². The van der Waals surface area contributed by atoms with Gasteiger partial charge in [-0.15, -0.1) is 10.2 Å². The average molecular weight is 484 g/mol. The SMILES string of the molecule is [2H]C([2H])([2H])NC(=O)c1nnc(N2CCN(C3CCC3)C2=O)cc1Nc1cccc(-c2ncn(C)n2)c1OC([2H])([2H])[2H]. The molecule has 2 aliphatic rings. The Balaban J connectivity index is 1.56. The van der Waals surface area contributed by atoms with Crippen LogP contribution in [0, 0.1) is 0 Å². The van der Waals surface area contributed by atoms with Crippen LogP contribution in [0.2, 0.25) is 0 Å². The number of urea groups is 1. The normalized spacial score (nSPS) is 19.1. The number of carbonyl (C=O) groups is 2. The molecule has 35 heavy (non-hydrogen) atoms. The first-order chi connectivity index (χ1) is 19.3. The molecular formula is C23H27N9O3. The Hall–Kier alpha value is -4.22. The second-order valence-electron chi connectivity index (χ2n) is 8.28. The maximum absolute atomic E-state index is 13.1. The molecule has 0 radical (unpaired) electrons. The number of nitrogens with zero attached hydrogens (tertiary/aromatic N) is 7. The number of para-hydroxylation sites is 1. The predicted molar refractivity (Wildman–Crippen MR) is 129 cm³/mol. The van der Waals surface area contributed by atoms with E-state index in [4.69, 9.17) is 13.0 Å². The molecule has 3 amide bonds. The first kappa shape index (κ1) is 16.4. The van der Waals surface area contributed by atoms with Gasteiger partial charge in [-0.05, 0) is 31.4 Å². The van der Waals surface area contributed by atoms with Gasteiger partial charge in [0.05, 0.1) is 28.1 Å². The van der Waals surface area contributed by atoms with E-state index in [1.165, 1.54) is 28.0 Å². The molecule has 3 heterocycles. The van der Waals surface area contributed by atoms with Gasteiger partial charge in [0.2, 0.25) is 0 Å². The van der Waals surface area contributed by atoms with Crippen molar-refractivity contribution in [3.63, 3.8) is 0 Å². The number of aryl methyl sites for hydroxylation is 1. The molecule has 12 nitrogen and oxygen atoms in total. The molecule has 1 saturated heterocycles. The Morgan fingerprint density at radius 3 is 2.83 bits per heavy atom. The lowest BCUT2D eigenvalue weighted by Gasteiger charge is -2.34. The highest BCUT2D eigenvalue weighted by Crippen LogP contribution is 2.37. The fourth-order valence-electron chi connectivity index (χ4n) is 4.17. The van der Waals surface area contributed by atoms with Gasteiger partial charge in [-0.2, -0.15) is 5.10 Å². The zero-order valence-electron chi connectivity index (χ0n) is 24.9. The molecule has 2 fully saturated rings. The van der Waals surface area contributed by atoms with Crippen LogP contribution < -0.4 is 20.3 Å². The Labute approximate surface area is 210 Å². The molecule has 0 atom stereocenters. The number of nitrogens with one attached hydrogen (secondary N) is 2. The summed E-state index contributed by atoms with van der Waals surface area (Å²) in [5.41, 5.74) is -0.0909.